The number of pyridine rings is 1. The number of rotatable bonds is 2. The van der Waals surface area contributed by atoms with Crippen LogP contribution in [-0.4, -0.2) is 30.5 Å². The predicted molar refractivity (Wildman–Crippen MR) is 78.2 cm³/mol. The molecule has 0 spiro atoms. The zero-order chi connectivity index (χ0) is 15.1. The normalized spacial score (nSPS) is 17.5. The van der Waals surface area contributed by atoms with Crippen LogP contribution in [0.5, 0.6) is 0 Å². The van der Waals surface area contributed by atoms with Crippen molar-refractivity contribution < 1.29 is 4.52 Å². The third-order valence-electron chi connectivity index (χ3n) is 3.95. The van der Waals surface area contributed by atoms with Crippen molar-refractivity contribution in [3.05, 3.63) is 40.7 Å². The standard InChI is InChI=1S/C15H16N6O/c1-8-6-9(2)16-12(7-8)14-17-15(22-20-14)10-4-3-5-11-13(10)19-21-18-11/h6-7,10H,3-5H2,1-2H3,(H,18,19,21). The maximum absolute atomic E-state index is 5.48. The van der Waals surface area contributed by atoms with Gasteiger partial charge in [-0.2, -0.15) is 20.4 Å². The lowest BCUT2D eigenvalue weighted by molar-refractivity contribution is 0.352. The highest BCUT2D eigenvalue weighted by molar-refractivity contribution is 5.50. The summed E-state index contributed by atoms with van der Waals surface area (Å²) in [6.45, 7) is 3.99. The van der Waals surface area contributed by atoms with Crippen molar-refractivity contribution in [1.29, 1.82) is 0 Å². The molecule has 0 fully saturated rings. The van der Waals surface area contributed by atoms with E-state index >= 15 is 0 Å². The van der Waals surface area contributed by atoms with Crippen molar-refractivity contribution in [1.82, 2.24) is 30.5 Å². The Morgan fingerprint density at radius 3 is 2.95 bits per heavy atom. The molecule has 1 aliphatic rings. The first-order valence-electron chi connectivity index (χ1n) is 7.39. The highest BCUT2D eigenvalue weighted by Crippen LogP contribution is 2.34. The lowest BCUT2D eigenvalue weighted by Gasteiger charge is -2.15. The van der Waals surface area contributed by atoms with Crippen molar-refractivity contribution in [2.45, 2.75) is 39.0 Å². The smallest absolute Gasteiger partial charge is 0.236 e. The lowest BCUT2D eigenvalue weighted by atomic mass is 9.90. The van der Waals surface area contributed by atoms with E-state index < -0.39 is 0 Å². The summed E-state index contributed by atoms with van der Waals surface area (Å²) in [5.41, 5.74) is 4.74. The highest BCUT2D eigenvalue weighted by Gasteiger charge is 2.30. The number of hydrogen-bond acceptors (Lipinski definition) is 6. The number of nitrogens with zero attached hydrogens (tertiary/aromatic N) is 5. The van der Waals surface area contributed by atoms with E-state index in [0.717, 1.165) is 47.6 Å². The van der Waals surface area contributed by atoms with Gasteiger partial charge in [-0.05, 0) is 50.8 Å². The van der Waals surface area contributed by atoms with Gasteiger partial charge in [0, 0.05) is 5.69 Å². The Balaban J connectivity index is 1.71. The summed E-state index contributed by atoms with van der Waals surface area (Å²) in [5, 5.41) is 15.2. The molecule has 0 radical (unpaired) electrons. The molecule has 4 rings (SSSR count). The van der Waals surface area contributed by atoms with Crippen molar-refractivity contribution >= 4 is 0 Å². The Morgan fingerprint density at radius 2 is 2.09 bits per heavy atom. The molecule has 112 valence electrons. The predicted octanol–water partition coefficient (Wildman–Crippen LogP) is 2.33. The van der Waals surface area contributed by atoms with Crippen molar-refractivity contribution in [2.75, 3.05) is 0 Å². The number of aryl methyl sites for hydroxylation is 3. The van der Waals surface area contributed by atoms with Crippen LogP contribution in [0.1, 0.15) is 47.3 Å². The molecule has 0 aliphatic heterocycles. The quantitative estimate of drug-likeness (QED) is 0.780. The Labute approximate surface area is 127 Å². The molecule has 0 amide bonds. The van der Waals surface area contributed by atoms with Gasteiger partial charge in [0.15, 0.2) is 0 Å². The Bertz CT molecular complexity index is 801. The molecule has 22 heavy (non-hydrogen) atoms. The first-order valence-corrected chi connectivity index (χ1v) is 7.39. The minimum Gasteiger partial charge on any atom is -0.338 e. The van der Waals surface area contributed by atoms with E-state index in [1.165, 1.54) is 0 Å². The summed E-state index contributed by atoms with van der Waals surface area (Å²) >= 11 is 0. The maximum atomic E-state index is 5.48. The first kappa shape index (κ1) is 13.1. The van der Waals surface area contributed by atoms with E-state index in [2.05, 4.69) is 30.5 Å². The monoisotopic (exact) mass is 296 g/mol. The summed E-state index contributed by atoms with van der Waals surface area (Å²) in [7, 11) is 0. The van der Waals surface area contributed by atoms with Gasteiger partial charge in [-0.3, -0.25) is 0 Å². The second-order valence-electron chi connectivity index (χ2n) is 5.73. The molecule has 7 heteroatoms. The zero-order valence-corrected chi connectivity index (χ0v) is 12.5. The average molecular weight is 296 g/mol. The Hall–Kier alpha value is -2.57. The molecular formula is C15H16N6O. The van der Waals surface area contributed by atoms with Gasteiger partial charge >= 0.3 is 0 Å². The van der Waals surface area contributed by atoms with E-state index in [9.17, 15) is 0 Å². The number of H-pyrrole nitrogens is 1. The number of hydrogen-bond donors (Lipinski definition) is 1. The molecule has 0 aromatic carbocycles. The first-order chi connectivity index (χ1) is 10.7. The molecule has 7 nitrogen and oxygen atoms in total. The minimum atomic E-state index is 0.0228. The Morgan fingerprint density at radius 1 is 1.18 bits per heavy atom. The second kappa shape index (κ2) is 5.01. The van der Waals surface area contributed by atoms with Crippen LogP contribution >= 0.6 is 0 Å². The summed E-state index contributed by atoms with van der Waals surface area (Å²) < 4.78 is 5.48. The highest BCUT2D eigenvalue weighted by atomic mass is 16.5. The van der Waals surface area contributed by atoms with E-state index in [0.29, 0.717) is 11.7 Å². The van der Waals surface area contributed by atoms with Gasteiger partial charge in [0.1, 0.15) is 5.69 Å². The van der Waals surface area contributed by atoms with Crippen molar-refractivity contribution in [2.24, 2.45) is 0 Å². The molecule has 1 unspecified atom stereocenters. The molecule has 3 heterocycles. The summed E-state index contributed by atoms with van der Waals surface area (Å²) in [6.07, 6.45) is 2.94. The molecule has 3 aromatic heterocycles. The fourth-order valence-corrected chi connectivity index (χ4v) is 3.01. The molecule has 0 bridgehead atoms. The fraction of sp³-hybridized carbons (Fsp3) is 0.400. The number of aromatic nitrogens is 6. The van der Waals surface area contributed by atoms with Crippen molar-refractivity contribution in [3.63, 3.8) is 0 Å². The van der Waals surface area contributed by atoms with Crippen LogP contribution in [0.4, 0.5) is 0 Å². The minimum absolute atomic E-state index is 0.0228. The van der Waals surface area contributed by atoms with Crippen LogP contribution in [0, 0.1) is 13.8 Å². The van der Waals surface area contributed by atoms with Crippen LogP contribution in [0.25, 0.3) is 11.5 Å². The number of nitrogens with one attached hydrogen (secondary N) is 1. The van der Waals surface area contributed by atoms with Gasteiger partial charge in [-0.1, -0.05) is 5.16 Å². The molecule has 1 aliphatic carbocycles. The molecule has 3 aromatic rings. The zero-order valence-electron chi connectivity index (χ0n) is 12.5. The van der Waals surface area contributed by atoms with Crippen molar-refractivity contribution in [3.8, 4) is 11.5 Å². The topological polar surface area (TPSA) is 93.4 Å². The largest absolute Gasteiger partial charge is 0.338 e. The third-order valence-corrected chi connectivity index (χ3v) is 3.95. The molecule has 1 N–H and O–H groups in total. The van der Waals surface area contributed by atoms with Gasteiger partial charge in [-0.25, -0.2) is 4.98 Å². The average Bonchev–Trinajstić information content (AvgIpc) is 3.15. The fourth-order valence-electron chi connectivity index (χ4n) is 3.01. The van der Waals surface area contributed by atoms with Gasteiger partial charge < -0.3 is 4.52 Å². The van der Waals surface area contributed by atoms with E-state index in [-0.39, 0.29) is 5.92 Å². The van der Waals surface area contributed by atoms with Crippen LogP contribution in [0.2, 0.25) is 0 Å². The van der Waals surface area contributed by atoms with Crippen LogP contribution in [0.15, 0.2) is 16.7 Å². The van der Waals surface area contributed by atoms with E-state index in [1.807, 2.05) is 26.0 Å². The lowest BCUT2D eigenvalue weighted by Crippen LogP contribution is -2.11. The molecule has 0 saturated carbocycles. The summed E-state index contributed by atoms with van der Waals surface area (Å²) in [6, 6.07) is 3.98. The SMILES string of the molecule is Cc1cc(C)nc(-c2noc(C3CCCc4n[nH]nc43)n2)c1. The molecule has 0 saturated heterocycles. The summed E-state index contributed by atoms with van der Waals surface area (Å²) in [5.74, 6) is 1.14. The van der Waals surface area contributed by atoms with Gasteiger partial charge in [0.2, 0.25) is 11.7 Å². The number of fused-ring (bicyclic) bond motifs is 1. The van der Waals surface area contributed by atoms with Crippen LogP contribution in [-0.2, 0) is 6.42 Å². The van der Waals surface area contributed by atoms with Gasteiger partial charge in [0.25, 0.3) is 0 Å². The van der Waals surface area contributed by atoms with Gasteiger partial charge in [0.05, 0.1) is 17.3 Å². The maximum Gasteiger partial charge on any atom is 0.236 e. The van der Waals surface area contributed by atoms with E-state index in [4.69, 9.17) is 4.52 Å². The second-order valence-corrected chi connectivity index (χ2v) is 5.73. The van der Waals surface area contributed by atoms with Crippen LogP contribution < -0.4 is 0 Å². The third kappa shape index (κ3) is 2.18. The number of aromatic amines is 1. The molecule has 1 atom stereocenters. The Kier molecular flexibility index (Phi) is 2.99. The summed E-state index contributed by atoms with van der Waals surface area (Å²) in [4.78, 5) is 9.02. The van der Waals surface area contributed by atoms with E-state index in [1.54, 1.807) is 0 Å². The van der Waals surface area contributed by atoms with Gasteiger partial charge in [-0.15, -0.1) is 0 Å². The van der Waals surface area contributed by atoms with Crippen LogP contribution in [0.3, 0.4) is 0 Å². The molecular weight excluding hydrogens is 280 g/mol.